The molecule has 0 N–H and O–H groups in total. The summed E-state index contributed by atoms with van der Waals surface area (Å²) in [6.07, 6.45) is 1.19. The van der Waals surface area contributed by atoms with E-state index in [0.29, 0.717) is 5.56 Å². The van der Waals surface area contributed by atoms with Crippen LogP contribution in [0.2, 0.25) is 0 Å². The Morgan fingerprint density at radius 1 is 1.00 bits per heavy atom. The molecule has 0 amide bonds. The lowest BCUT2D eigenvalue weighted by Crippen LogP contribution is -2.10. The van der Waals surface area contributed by atoms with Crippen molar-refractivity contribution in [1.82, 2.24) is 0 Å². The van der Waals surface area contributed by atoms with Gasteiger partial charge in [-0.15, -0.1) is 0 Å². The second-order valence-electron chi connectivity index (χ2n) is 4.15. The summed E-state index contributed by atoms with van der Waals surface area (Å²) in [6, 6.07) is 12.6. The largest absolute Gasteiger partial charge is 0.275 e. The van der Waals surface area contributed by atoms with Crippen molar-refractivity contribution < 1.29 is 17.6 Å². The molecule has 2 aromatic carbocycles. The highest BCUT2D eigenvalue weighted by molar-refractivity contribution is 7.96. The van der Waals surface area contributed by atoms with Gasteiger partial charge in [0.1, 0.15) is 10.7 Å². The second kappa shape index (κ2) is 6.20. The van der Waals surface area contributed by atoms with Crippen molar-refractivity contribution in [2.75, 3.05) is 0 Å². The van der Waals surface area contributed by atoms with Crippen molar-refractivity contribution in [3.8, 4) is 0 Å². The van der Waals surface area contributed by atoms with Gasteiger partial charge in [0, 0.05) is 0 Å². The number of allylic oxidation sites excluding steroid dienone is 1. The number of hydrogen-bond donors (Lipinski definition) is 0. The standard InChI is InChI=1S/C15H10ClFO3S/c16-15(18)14(10-11-4-2-1-3-5-11)21(19,20)13-8-6-12(17)7-9-13/h1-10H/b14-10-. The van der Waals surface area contributed by atoms with Gasteiger partial charge in [-0.3, -0.25) is 4.79 Å². The van der Waals surface area contributed by atoms with Crippen molar-refractivity contribution >= 4 is 32.8 Å². The van der Waals surface area contributed by atoms with Crippen LogP contribution in [0, 0.1) is 5.82 Å². The molecule has 0 heterocycles. The molecule has 108 valence electrons. The Balaban J connectivity index is 2.55. The molecule has 21 heavy (non-hydrogen) atoms. The number of halogens is 2. The van der Waals surface area contributed by atoms with E-state index in [4.69, 9.17) is 11.6 Å². The van der Waals surface area contributed by atoms with Gasteiger partial charge in [-0.25, -0.2) is 12.8 Å². The predicted molar refractivity (Wildman–Crippen MR) is 78.9 cm³/mol. The van der Waals surface area contributed by atoms with Gasteiger partial charge in [0.25, 0.3) is 5.24 Å². The highest BCUT2D eigenvalue weighted by atomic mass is 35.5. The number of benzene rings is 2. The van der Waals surface area contributed by atoms with Gasteiger partial charge in [-0.05, 0) is 47.5 Å². The molecule has 0 bridgehead atoms. The van der Waals surface area contributed by atoms with Gasteiger partial charge < -0.3 is 0 Å². The summed E-state index contributed by atoms with van der Waals surface area (Å²) in [5.41, 5.74) is 0.521. The van der Waals surface area contributed by atoms with Crippen LogP contribution in [-0.2, 0) is 14.6 Å². The van der Waals surface area contributed by atoms with E-state index in [0.717, 1.165) is 24.3 Å². The summed E-state index contributed by atoms with van der Waals surface area (Å²) >= 11 is 5.40. The fourth-order valence-corrected chi connectivity index (χ4v) is 3.29. The van der Waals surface area contributed by atoms with E-state index >= 15 is 0 Å². The SMILES string of the molecule is O=C(Cl)/C(=C/c1ccccc1)S(=O)(=O)c1ccc(F)cc1. The second-order valence-corrected chi connectivity index (χ2v) is 6.41. The average Bonchev–Trinajstić information content (AvgIpc) is 2.46. The molecule has 0 aliphatic rings. The van der Waals surface area contributed by atoms with Gasteiger partial charge in [0.15, 0.2) is 0 Å². The van der Waals surface area contributed by atoms with Crippen LogP contribution >= 0.6 is 11.6 Å². The first-order valence-electron chi connectivity index (χ1n) is 5.88. The maximum atomic E-state index is 12.9. The molecule has 0 aliphatic heterocycles. The third kappa shape index (κ3) is 3.56. The molecule has 0 atom stereocenters. The van der Waals surface area contributed by atoms with Crippen molar-refractivity contribution in [3.05, 3.63) is 70.9 Å². The van der Waals surface area contributed by atoms with Crippen molar-refractivity contribution in [3.63, 3.8) is 0 Å². The quantitative estimate of drug-likeness (QED) is 0.492. The van der Waals surface area contributed by atoms with E-state index in [1.165, 1.54) is 6.08 Å². The molecule has 0 saturated heterocycles. The van der Waals surface area contributed by atoms with E-state index in [2.05, 4.69) is 0 Å². The van der Waals surface area contributed by atoms with E-state index in [9.17, 15) is 17.6 Å². The molecule has 6 heteroatoms. The molecule has 2 aromatic rings. The number of hydrogen-bond acceptors (Lipinski definition) is 3. The van der Waals surface area contributed by atoms with E-state index in [1.807, 2.05) is 0 Å². The lowest BCUT2D eigenvalue weighted by Gasteiger charge is -2.05. The lowest BCUT2D eigenvalue weighted by molar-refractivity contribution is -0.107. The molecule has 0 spiro atoms. The van der Waals surface area contributed by atoms with E-state index in [-0.39, 0.29) is 4.90 Å². The molecule has 0 aliphatic carbocycles. The average molecular weight is 325 g/mol. The smallest absolute Gasteiger partial charge is 0.264 e. The molecule has 0 radical (unpaired) electrons. The number of rotatable bonds is 4. The first-order valence-corrected chi connectivity index (χ1v) is 7.74. The minimum absolute atomic E-state index is 0.194. The fraction of sp³-hybridized carbons (Fsp3) is 0. The fourth-order valence-electron chi connectivity index (χ4n) is 1.68. The predicted octanol–water partition coefficient (Wildman–Crippen LogP) is 3.41. The third-order valence-corrected chi connectivity index (χ3v) is 4.80. The Morgan fingerprint density at radius 2 is 1.57 bits per heavy atom. The molecular formula is C15H10ClFO3S. The highest BCUT2D eigenvalue weighted by Gasteiger charge is 2.25. The van der Waals surface area contributed by atoms with Crippen LogP contribution in [-0.4, -0.2) is 13.7 Å². The minimum Gasteiger partial charge on any atom is -0.275 e. The molecule has 2 rings (SSSR count). The summed E-state index contributed by atoms with van der Waals surface area (Å²) < 4.78 is 37.7. The van der Waals surface area contributed by atoms with Crippen LogP contribution in [0.25, 0.3) is 6.08 Å². The van der Waals surface area contributed by atoms with Gasteiger partial charge >= 0.3 is 0 Å². The Hall–Kier alpha value is -1.98. The summed E-state index contributed by atoms with van der Waals surface area (Å²) in [6.45, 7) is 0. The molecule has 0 saturated carbocycles. The van der Waals surface area contributed by atoms with Crippen LogP contribution in [0.5, 0.6) is 0 Å². The monoisotopic (exact) mass is 324 g/mol. The number of sulfone groups is 1. The zero-order valence-electron chi connectivity index (χ0n) is 10.7. The zero-order valence-corrected chi connectivity index (χ0v) is 12.2. The molecular weight excluding hydrogens is 315 g/mol. The summed E-state index contributed by atoms with van der Waals surface area (Å²) in [5, 5.41) is -1.09. The Kier molecular flexibility index (Phi) is 4.55. The number of carbonyl (C=O) groups is 1. The highest BCUT2D eigenvalue weighted by Crippen LogP contribution is 2.23. The zero-order chi connectivity index (χ0) is 15.5. The summed E-state index contributed by atoms with van der Waals surface area (Å²) in [5.74, 6) is -0.570. The van der Waals surface area contributed by atoms with Crippen LogP contribution < -0.4 is 0 Å². The van der Waals surface area contributed by atoms with E-state index < -0.39 is 25.8 Å². The molecule has 0 fully saturated rings. The normalized spacial score (nSPS) is 12.2. The lowest BCUT2D eigenvalue weighted by atomic mass is 10.2. The minimum atomic E-state index is -4.10. The van der Waals surface area contributed by atoms with Gasteiger partial charge in [0.2, 0.25) is 9.84 Å². The summed E-state index contributed by atoms with van der Waals surface area (Å²) in [4.78, 5) is 10.7. The molecule has 0 aromatic heterocycles. The van der Waals surface area contributed by atoms with Gasteiger partial charge in [0.05, 0.1) is 4.90 Å². The van der Waals surface area contributed by atoms with Crippen molar-refractivity contribution in [2.45, 2.75) is 4.90 Å². The van der Waals surface area contributed by atoms with Gasteiger partial charge in [-0.1, -0.05) is 30.3 Å². The maximum absolute atomic E-state index is 12.9. The Bertz CT molecular complexity index is 781. The van der Waals surface area contributed by atoms with Crippen LogP contribution in [0.3, 0.4) is 0 Å². The maximum Gasteiger partial charge on any atom is 0.264 e. The molecule has 0 unspecified atom stereocenters. The molecule has 3 nitrogen and oxygen atoms in total. The first kappa shape index (κ1) is 15.4. The summed E-state index contributed by atoms with van der Waals surface area (Å²) in [7, 11) is -4.10. The van der Waals surface area contributed by atoms with E-state index in [1.54, 1.807) is 30.3 Å². The van der Waals surface area contributed by atoms with Gasteiger partial charge in [-0.2, -0.15) is 0 Å². The Morgan fingerprint density at radius 3 is 2.10 bits per heavy atom. The topological polar surface area (TPSA) is 51.2 Å². The van der Waals surface area contributed by atoms with Crippen LogP contribution in [0.1, 0.15) is 5.56 Å². The van der Waals surface area contributed by atoms with Crippen LogP contribution in [0.15, 0.2) is 64.4 Å². The first-order chi connectivity index (χ1) is 9.91. The third-order valence-electron chi connectivity index (χ3n) is 2.70. The van der Waals surface area contributed by atoms with Crippen molar-refractivity contribution in [1.29, 1.82) is 0 Å². The van der Waals surface area contributed by atoms with Crippen molar-refractivity contribution in [2.24, 2.45) is 0 Å². The number of carbonyl (C=O) groups excluding carboxylic acids is 1. The van der Waals surface area contributed by atoms with Crippen LogP contribution in [0.4, 0.5) is 4.39 Å². The Labute approximate surface area is 126 Å².